The molecular formula is C16H18ClNO2S. The number of thiophene rings is 1. The number of amides is 1. The minimum atomic E-state index is 0.127. The highest BCUT2D eigenvalue weighted by molar-refractivity contribution is 7.16. The Morgan fingerprint density at radius 2 is 2.14 bits per heavy atom. The summed E-state index contributed by atoms with van der Waals surface area (Å²) in [6.45, 7) is 0.605. The van der Waals surface area contributed by atoms with Crippen LogP contribution in [0.15, 0.2) is 36.4 Å². The number of carbonyl (C=O) groups excluding carboxylic acids is 1. The molecule has 5 heteroatoms. The second-order valence-electron chi connectivity index (χ2n) is 4.81. The van der Waals surface area contributed by atoms with Crippen LogP contribution in [0.2, 0.25) is 4.34 Å². The lowest BCUT2D eigenvalue weighted by molar-refractivity contribution is -0.130. The zero-order valence-corrected chi connectivity index (χ0v) is 13.7. The lowest BCUT2D eigenvalue weighted by Gasteiger charge is -2.16. The van der Waals surface area contributed by atoms with Crippen LogP contribution in [0.3, 0.4) is 0 Å². The van der Waals surface area contributed by atoms with Gasteiger partial charge < -0.3 is 9.64 Å². The molecule has 0 N–H and O–H groups in total. The van der Waals surface area contributed by atoms with Crippen molar-refractivity contribution in [3.63, 3.8) is 0 Å². The van der Waals surface area contributed by atoms with Crippen molar-refractivity contribution in [3.8, 4) is 5.75 Å². The van der Waals surface area contributed by atoms with Crippen molar-refractivity contribution in [1.29, 1.82) is 0 Å². The summed E-state index contributed by atoms with van der Waals surface area (Å²) < 4.78 is 5.94. The molecule has 112 valence electrons. The normalized spacial score (nSPS) is 10.4. The zero-order valence-electron chi connectivity index (χ0n) is 12.1. The highest BCUT2D eigenvalue weighted by atomic mass is 35.5. The summed E-state index contributed by atoms with van der Waals surface area (Å²) in [5.74, 6) is 0.948. The number of methoxy groups -OCH3 is 1. The van der Waals surface area contributed by atoms with E-state index in [1.807, 2.05) is 43.4 Å². The van der Waals surface area contributed by atoms with Crippen LogP contribution in [0.25, 0.3) is 0 Å². The Hall–Kier alpha value is -1.52. The smallest absolute Gasteiger partial charge is 0.222 e. The first-order valence-corrected chi connectivity index (χ1v) is 7.89. The monoisotopic (exact) mass is 323 g/mol. The fourth-order valence-electron chi connectivity index (χ4n) is 2.03. The Morgan fingerprint density at radius 3 is 2.81 bits per heavy atom. The number of hydrogen-bond donors (Lipinski definition) is 0. The van der Waals surface area contributed by atoms with E-state index in [2.05, 4.69) is 0 Å². The Bertz CT molecular complexity index is 612. The Labute approximate surface area is 134 Å². The minimum Gasteiger partial charge on any atom is -0.497 e. The molecule has 0 saturated heterocycles. The molecule has 0 atom stereocenters. The molecule has 2 rings (SSSR count). The van der Waals surface area contributed by atoms with Gasteiger partial charge in [0.25, 0.3) is 0 Å². The van der Waals surface area contributed by atoms with Gasteiger partial charge in [0.2, 0.25) is 5.91 Å². The van der Waals surface area contributed by atoms with E-state index in [0.29, 0.717) is 19.4 Å². The number of hydrogen-bond acceptors (Lipinski definition) is 3. The molecular weight excluding hydrogens is 306 g/mol. The molecule has 0 aliphatic heterocycles. The molecule has 3 nitrogen and oxygen atoms in total. The number of aryl methyl sites for hydroxylation is 1. The number of carbonyl (C=O) groups is 1. The molecule has 1 amide bonds. The third-order valence-electron chi connectivity index (χ3n) is 3.21. The number of rotatable bonds is 6. The summed E-state index contributed by atoms with van der Waals surface area (Å²) in [5, 5.41) is 0. The van der Waals surface area contributed by atoms with Gasteiger partial charge in [0.1, 0.15) is 5.75 Å². The molecule has 0 aliphatic rings. The van der Waals surface area contributed by atoms with Gasteiger partial charge in [-0.05, 0) is 36.2 Å². The molecule has 0 spiro atoms. The molecule has 1 aromatic heterocycles. The van der Waals surface area contributed by atoms with Crippen molar-refractivity contribution in [1.82, 2.24) is 4.90 Å². The van der Waals surface area contributed by atoms with Crippen molar-refractivity contribution >= 4 is 28.8 Å². The number of benzene rings is 1. The van der Waals surface area contributed by atoms with Crippen LogP contribution in [0.1, 0.15) is 16.9 Å². The molecule has 1 aromatic carbocycles. The number of ether oxygens (including phenoxy) is 1. The number of nitrogens with zero attached hydrogens (tertiary/aromatic N) is 1. The van der Waals surface area contributed by atoms with Gasteiger partial charge in [-0.1, -0.05) is 23.7 Å². The predicted molar refractivity (Wildman–Crippen MR) is 87.1 cm³/mol. The van der Waals surface area contributed by atoms with Crippen molar-refractivity contribution in [2.75, 3.05) is 14.2 Å². The van der Waals surface area contributed by atoms with Gasteiger partial charge in [-0.2, -0.15) is 0 Å². The first-order chi connectivity index (χ1) is 10.1. The molecule has 0 radical (unpaired) electrons. The average Bonchev–Trinajstić information content (AvgIpc) is 2.90. The molecule has 1 heterocycles. The maximum Gasteiger partial charge on any atom is 0.222 e. The SMILES string of the molecule is COc1cccc(CCC(=O)N(C)Cc2ccc(Cl)s2)c1. The van der Waals surface area contributed by atoms with Crippen LogP contribution in [0, 0.1) is 0 Å². The van der Waals surface area contributed by atoms with Gasteiger partial charge in [0.05, 0.1) is 18.0 Å². The highest BCUT2D eigenvalue weighted by Gasteiger charge is 2.11. The minimum absolute atomic E-state index is 0.127. The summed E-state index contributed by atoms with van der Waals surface area (Å²) in [4.78, 5) is 15.0. The van der Waals surface area contributed by atoms with Crippen LogP contribution in [0.5, 0.6) is 5.75 Å². The van der Waals surface area contributed by atoms with Crippen molar-refractivity contribution in [3.05, 3.63) is 51.2 Å². The second-order valence-corrected chi connectivity index (χ2v) is 6.61. The topological polar surface area (TPSA) is 29.5 Å². The molecule has 0 bridgehead atoms. The largest absolute Gasteiger partial charge is 0.497 e. The molecule has 0 unspecified atom stereocenters. The van der Waals surface area contributed by atoms with Crippen LogP contribution < -0.4 is 4.74 Å². The summed E-state index contributed by atoms with van der Waals surface area (Å²) in [7, 11) is 3.46. The Balaban J connectivity index is 1.85. The van der Waals surface area contributed by atoms with Crippen LogP contribution in [-0.2, 0) is 17.8 Å². The molecule has 2 aromatic rings. The standard InChI is InChI=1S/C16H18ClNO2S/c1-18(11-14-7-8-15(17)21-14)16(19)9-6-12-4-3-5-13(10-12)20-2/h3-5,7-8,10H,6,9,11H2,1-2H3. The van der Waals surface area contributed by atoms with Crippen LogP contribution in [0.4, 0.5) is 0 Å². The maximum absolute atomic E-state index is 12.1. The fraction of sp³-hybridized carbons (Fsp3) is 0.312. The Kier molecular flexibility index (Phi) is 5.65. The van der Waals surface area contributed by atoms with Crippen molar-refractivity contribution in [2.45, 2.75) is 19.4 Å². The predicted octanol–water partition coefficient (Wildman–Crippen LogP) is 4.00. The van der Waals surface area contributed by atoms with E-state index in [0.717, 1.165) is 20.5 Å². The van der Waals surface area contributed by atoms with E-state index in [9.17, 15) is 4.79 Å². The zero-order chi connectivity index (χ0) is 15.2. The van der Waals surface area contributed by atoms with Gasteiger partial charge in [-0.25, -0.2) is 0 Å². The maximum atomic E-state index is 12.1. The van der Waals surface area contributed by atoms with E-state index in [1.165, 1.54) is 11.3 Å². The quantitative estimate of drug-likeness (QED) is 0.804. The van der Waals surface area contributed by atoms with E-state index in [4.69, 9.17) is 16.3 Å². The fourth-order valence-corrected chi connectivity index (χ4v) is 3.17. The molecule has 0 aliphatic carbocycles. The van der Waals surface area contributed by atoms with Gasteiger partial charge in [-0.15, -0.1) is 11.3 Å². The van der Waals surface area contributed by atoms with Crippen molar-refractivity contribution in [2.24, 2.45) is 0 Å². The van der Waals surface area contributed by atoms with Gasteiger partial charge in [0.15, 0.2) is 0 Å². The highest BCUT2D eigenvalue weighted by Crippen LogP contribution is 2.22. The van der Waals surface area contributed by atoms with Gasteiger partial charge in [-0.3, -0.25) is 4.79 Å². The average molecular weight is 324 g/mol. The van der Waals surface area contributed by atoms with Gasteiger partial charge in [0, 0.05) is 18.3 Å². The van der Waals surface area contributed by atoms with E-state index in [-0.39, 0.29) is 5.91 Å². The van der Waals surface area contributed by atoms with E-state index >= 15 is 0 Å². The summed E-state index contributed by atoms with van der Waals surface area (Å²) in [5.41, 5.74) is 1.11. The third-order valence-corrected chi connectivity index (χ3v) is 4.43. The lowest BCUT2D eigenvalue weighted by atomic mass is 10.1. The van der Waals surface area contributed by atoms with Crippen molar-refractivity contribution < 1.29 is 9.53 Å². The van der Waals surface area contributed by atoms with E-state index < -0.39 is 0 Å². The van der Waals surface area contributed by atoms with Crippen LogP contribution in [-0.4, -0.2) is 25.0 Å². The molecule has 0 saturated carbocycles. The second kappa shape index (κ2) is 7.48. The summed E-state index contributed by atoms with van der Waals surface area (Å²) in [6.07, 6.45) is 1.20. The van der Waals surface area contributed by atoms with Gasteiger partial charge >= 0.3 is 0 Å². The first kappa shape index (κ1) is 15.9. The summed E-state index contributed by atoms with van der Waals surface area (Å²) >= 11 is 7.40. The lowest BCUT2D eigenvalue weighted by Crippen LogP contribution is -2.25. The third kappa shape index (κ3) is 4.76. The number of halogens is 1. The van der Waals surface area contributed by atoms with Crippen LogP contribution >= 0.6 is 22.9 Å². The van der Waals surface area contributed by atoms with E-state index in [1.54, 1.807) is 12.0 Å². The molecule has 0 fully saturated rings. The summed E-state index contributed by atoms with van der Waals surface area (Å²) in [6, 6.07) is 11.6. The Morgan fingerprint density at radius 1 is 1.33 bits per heavy atom. The molecule has 21 heavy (non-hydrogen) atoms. The first-order valence-electron chi connectivity index (χ1n) is 6.69.